The summed E-state index contributed by atoms with van der Waals surface area (Å²) in [6, 6.07) is 5.05. The van der Waals surface area contributed by atoms with E-state index >= 15 is 0 Å². The van der Waals surface area contributed by atoms with Crippen LogP contribution in [0, 0.1) is 22.0 Å². The van der Waals surface area contributed by atoms with Gasteiger partial charge in [-0.25, -0.2) is 0 Å². The molecule has 1 aromatic carbocycles. The van der Waals surface area contributed by atoms with E-state index in [1.165, 1.54) is 6.07 Å². The fourth-order valence-corrected chi connectivity index (χ4v) is 3.73. The van der Waals surface area contributed by atoms with Crippen molar-refractivity contribution < 1.29 is 4.92 Å². The number of nitro benzene ring substituents is 1. The highest BCUT2D eigenvalue weighted by Crippen LogP contribution is 2.41. The summed E-state index contributed by atoms with van der Waals surface area (Å²) >= 11 is 6.01. The smallest absolute Gasteiger partial charge is 0.292 e. The van der Waals surface area contributed by atoms with Crippen molar-refractivity contribution in [2.24, 2.45) is 17.6 Å². The Kier molecular flexibility index (Phi) is 3.56. The maximum atomic E-state index is 11.2. The average Bonchev–Trinajstić information content (AvgIpc) is 2.81. The van der Waals surface area contributed by atoms with E-state index in [4.69, 9.17) is 17.3 Å². The normalized spacial score (nSPS) is 29.3. The van der Waals surface area contributed by atoms with Gasteiger partial charge in [0.05, 0.1) is 4.92 Å². The fraction of sp³-hybridized carbons (Fsp3) is 0.571. The molecule has 0 spiro atoms. The van der Waals surface area contributed by atoms with Crippen molar-refractivity contribution in [3.8, 4) is 0 Å². The molecule has 3 atom stereocenters. The first-order chi connectivity index (χ1) is 9.54. The number of nitro groups is 1. The third kappa shape index (κ3) is 2.47. The molecule has 1 heterocycles. The Labute approximate surface area is 122 Å². The second-order valence-corrected chi connectivity index (χ2v) is 6.32. The Bertz CT molecular complexity index is 537. The summed E-state index contributed by atoms with van der Waals surface area (Å²) in [5.41, 5.74) is 6.81. The SMILES string of the molecule is NC1CC[C@@H]2CN(c3cc(Cl)ccc3[N+](=O)[O-])C[C@@H]2C1. The Balaban J connectivity index is 1.87. The maximum absolute atomic E-state index is 11.2. The Hall–Kier alpha value is -1.33. The Morgan fingerprint density at radius 3 is 2.80 bits per heavy atom. The van der Waals surface area contributed by atoms with Crippen molar-refractivity contribution in [1.82, 2.24) is 0 Å². The van der Waals surface area contributed by atoms with Gasteiger partial charge in [0, 0.05) is 30.2 Å². The summed E-state index contributed by atoms with van der Waals surface area (Å²) in [7, 11) is 0. The van der Waals surface area contributed by atoms with Gasteiger partial charge >= 0.3 is 0 Å². The minimum atomic E-state index is -0.334. The molecular formula is C14H18ClN3O2. The molecule has 1 unspecified atom stereocenters. The number of nitrogens with two attached hydrogens (primary N) is 1. The molecule has 2 aliphatic rings. The van der Waals surface area contributed by atoms with Gasteiger partial charge in [-0.2, -0.15) is 0 Å². The number of hydrogen-bond donors (Lipinski definition) is 1. The molecule has 2 fully saturated rings. The fourth-order valence-electron chi connectivity index (χ4n) is 3.57. The number of rotatable bonds is 2. The molecule has 20 heavy (non-hydrogen) atoms. The first-order valence-electron chi connectivity index (χ1n) is 6.99. The largest absolute Gasteiger partial charge is 0.365 e. The van der Waals surface area contributed by atoms with Crippen LogP contribution in [0.1, 0.15) is 19.3 Å². The van der Waals surface area contributed by atoms with Gasteiger partial charge in [0.1, 0.15) is 5.69 Å². The monoisotopic (exact) mass is 295 g/mol. The molecule has 108 valence electrons. The van der Waals surface area contributed by atoms with Gasteiger partial charge in [-0.1, -0.05) is 11.6 Å². The van der Waals surface area contributed by atoms with Gasteiger partial charge < -0.3 is 10.6 Å². The lowest BCUT2D eigenvalue weighted by Gasteiger charge is -2.27. The first-order valence-corrected chi connectivity index (χ1v) is 7.37. The zero-order valence-electron chi connectivity index (χ0n) is 11.2. The standard InChI is InChI=1S/C14H18ClN3O2/c15-11-2-4-13(18(19)20)14(6-11)17-7-9-1-3-12(16)5-10(9)8-17/h2,4,6,9-10,12H,1,3,5,7-8,16H2/t9-,10+,12?/m1/s1. The van der Waals surface area contributed by atoms with Crippen LogP contribution in [0.5, 0.6) is 0 Å². The van der Waals surface area contributed by atoms with Gasteiger partial charge in [0.2, 0.25) is 0 Å². The quantitative estimate of drug-likeness (QED) is 0.672. The second kappa shape index (κ2) is 5.22. The summed E-state index contributed by atoms with van der Waals surface area (Å²) in [6.45, 7) is 1.72. The molecule has 1 aromatic rings. The molecule has 2 N–H and O–H groups in total. The van der Waals surface area contributed by atoms with Gasteiger partial charge in [-0.05, 0) is 43.2 Å². The number of halogens is 1. The highest BCUT2D eigenvalue weighted by atomic mass is 35.5. The van der Waals surface area contributed by atoms with Crippen molar-refractivity contribution in [3.05, 3.63) is 33.3 Å². The van der Waals surface area contributed by atoms with E-state index in [2.05, 4.69) is 4.90 Å². The lowest BCUT2D eigenvalue weighted by atomic mass is 9.79. The molecule has 0 bridgehead atoms. The molecule has 1 aliphatic carbocycles. The summed E-state index contributed by atoms with van der Waals surface area (Å²) in [4.78, 5) is 12.9. The summed E-state index contributed by atoms with van der Waals surface area (Å²) < 4.78 is 0. The molecule has 0 amide bonds. The number of fused-ring (bicyclic) bond motifs is 1. The van der Waals surface area contributed by atoms with Gasteiger partial charge in [-0.3, -0.25) is 10.1 Å². The van der Waals surface area contributed by atoms with Gasteiger partial charge in [0.15, 0.2) is 0 Å². The summed E-state index contributed by atoms with van der Waals surface area (Å²) in [5.74, 6) is 1.16. The van der Waals surface area contributed by atoms with E-state index < -0.39 is 0 Å². The topological polar surface area (TPSA) is 72.4 Å². The minimum Gasteiger partial charge on any atom is -0.365 e. The van der Waals surface area contributed by atoms with Crippen LogP contribution >= 0.6 is 11.6 Å². The van der Waals surface area contributed by atoms with Crippen molar-refractivity contribution in [1.29, 1.82) is 0 Å². The van der Waals surface area contributed by atoms with E-state index in [1.54, 1.807) is 12.1 Å². The molecule has 1 saturated heterocycles. The van der Waals surface area contributed by atoms with Crippen molar-refractivity contribution in [2.75, 3.05) is 18.0 Å². The van der Waals surface area contributed by atoms with Crippen molar-refractivity contribution in [3.63, 3.8) is 0 Å². The number of anilines is 1. The van der Waals surface area contributed by atoms with Crippen LogP contribution < -0.4 is 10.6 Å². The van der Waals surface area contributed by atoms with Crippen LogP contribution in [-0.2, 0) is 0 Å². The third-order valence-electron chi connectivity index (χ3n) is 4.57. The van der Waals surface area contributed by atoms with Gasteiger partial charge in [-0.15, -0.1) is 0 Å². The molecule has 6 heteroatoms. The Morgan fingerprint density at radius 1 is 1.30 bits per heavy atom. The van der Waals surface area contributed by atoms with Crippen LogP contribution in [0.25, 0.3) is 0 Å². The van der Waals surface area contributed by atoms with E-state index in [0.29, 0.717) is 22.5 Å². The molecular weight excluding hydrogens is 278 g/mol. The van der Waals surface area contributed by atoms with E-state index in [-0.39, 0.29) is 16.7 Å². The zero-order chi connectivity index (χ0) is 14.3. The highest BCUT2D eigenvalue weighted by molar-refractivity contribution is 6.31. The molecule has 1 saturated carbocycles. The third-order valence-corrected chi connectivity index (χ3v) is 4.80. The molecule has 0 radical (unpaired) electrons. The van der Waals surface area contributed by atoms with E-state index in [1.807, 2.05) is 0 Å². The predicted octanol–water partition coefficient (Wildman–Crippen LogP) is 2.81. The van der Waals surface area contributed by atoms with Crippen molar-refractivity contribution >= 4 is 23.0 Å². The minimum absolute atomic E-state index is 0.136. The van der Waals surface area contributed by atoms with Crippen molar-refractivity contribution in [2.45, 2.75) is 25.3 Å². The summed E-state index contributed by atoms with van der Waals surface area (Å²) in [6.07, 6.45) is 3.21. The van der Waals surface area contributed by atoms with Crippen LogP contribution in [-0.4, -0.2) is 24.1 Å². The first kappa shape index (κ1) is 13.6. The lowest BCUT2D eigenvalue weighted by Crippen LogP contribution is -2.32. The highest BCUT2D eigenvalue weighted by Gasteiger charge is 2.38. The number of nitrogens with zero attached hydrogens (tertiary/aromatic N) is 2. The maximum Gasteiger partial charge on any atom is 0.292 e. The van der Waals surface area contributed by atoms with Crippen LogP contribution in [0.15, 0.2) is 18.2 Å². The second-order valence-electron chi connectivity index (χ2n) is 5.89. The van der Waals surface area contributed by atoms with E-state index in [0.717, 1.165) is 32.4 Å². The summed E-state index contributed by atoms with van der Waals surface area (Å²) in [5, 5.41) is 11.7. The molecule has 5 nitrogen and oxygen atoms in total. The van der Waals surface area contributed by atoms with E-state index in [9.17, 15) is 10.1 Å². The molecule has 0 aromatic heterocycles. The molecule has 1 aliphatic heterocycles. The predicted molar refractivity (Wildman–Crippen MR) is 79.1 cm³/mol. The van der Waals surface area contributed by atoms with Crippen LogP contribution in [0.3, 0.4) is 0 Å². The van der Waals surface area contributed by atoms with Crippen LogP contribution in [0.4, 0.5) is 11.4 Å². The number of benzene rings is 1. The average molecular weight is 296 g/mol. The number of hydrogen-bond acceptors (Lipinski definition) is 4. The Morgan fingerprint density at radius 2 is 2.05 bits per heavy atom. The van der Waals surface area contributed by atoms with Gasteiger partial charge in [0.25, 0.3) is 5.69 Å². The lowest BCUT2D eigenvalue weighted by molar-refractivity contribution is -0.384. The van der Waals surface area contributed by atoms with Crippen LogP contribution in [0.2, 0.25) is 5.02 Å². The molecule has 3 rings (SSSR count). The zero-order valence-corrected chi connectivity index (χ0v) is 11.9.